The van der Waals surface area contributed by atoms with Gasteiger partial charge in [-0.1, -0.05) is 40.0 Å². The smallest absolute Gasteiger partial charge is 0.317 e. The zero-order valence-corrected chi connectivity index (χ0v) is 12.2. The van der Waals surface area contributed by atoms with Crippen LogP contribution in [0.4, 0.5) is 4.79 Å². The molecule has 0 unspecified atom stereocenters. The number of likely N-dealkylation sites (tertiary alicyclic amines) is 1. The van der Waals surface area contributed by atoms with Gasteiger partial charge in [-0.05, 0) is 11.8 Å². The molecule has 0 aliphatic carbocycles. The fourth-order valence-corrected chi connectivity index (χ4v) is 2.17. The second kappa shape index (κ2) is 6.78. The van der Waals surface area contributed by atoms with Crippen molar-refractivity contribution in [1.82, 2.24) is 10.2 Å². The first kappa shape index (κ1) is 15.8. The molecule has 0 aromatic heterocycles. The van der Waals surface area contributed by atoms with Crippen LogP contribution in [0.5, 0.6) is 0 Å². The third kappa shape index (κ3) is 5.09. The van der Waals surface area contributed by atoms with Crippen molar-refractivity contribution in [1.29, 1.82) is 0 Å². The van der Waals surface area contributed by atoms with E-state index in [2.05, 4.69) is 26.1 Å². The number of nitrogens with one attached hydrogen (secondary N) is 1. The summed E-state index contributed by atoms with van der Waals surface area (Å²) < 4.78 is 0. The summed E-state index contributed by atoms with van der Waals surface area (Å²) in [5, 5.41) is 11.7. The molecule has 0 radical (unpaired) electrons. The Bertz CT molecular complexity index is 323. The van der Waals surface area contributed by atoms with Crippen LogP contribution in [0.3, 0.4) is 0 Å². The average molecular weight is 270 g/mol. The highest BCUT2D eigenvalue weighted by molar-refractivity contribution is 5.79. The summed E-state index contributed by atoms with van der Waals surface area (Å²) in [5.74, 6) is -1.20. The minimum absolute atomic E-state index is 0.0991. The molecule has 1 saturated heterocycles. The van der Waals surface area contributed by atoms with E-state index in [0.29, 0.717) is 19.6 Å². The number of hydrogen-bond donors (Lipinski definition) is 2. The SMILES string of the molecule is CCCCCC(C)(C)CNC(=O)N1CC(C(=O)O)C1. The van der Waals surface area contributed by atoms with Gasteiger partial charge < -0.3 is 15.3 Å². The summed E-state index contributed by atoms with van der Waals surface area (Å²) in [6, 6.07) is -0.138. The van der Waals surface area contributed by atoms with E-state index in [1.165, 1.54) is 19.3 Å². The molecule has 2 N–H and O–H groups in total. The lowest BCUT2D eigenvalue weighted by molar-refractivity contribution is -0.146. The Morgan fingerprint density at radius 1 is 1.32 bits per heavy atom. The highest BCUT2D eigenvalue weighted by Crippen LogP contribution is 2.23. The van der Waals surface area contributed by atoms with Crippen molar-refractivity contribution in [2.45, 2.75) is 46.5 Å². The molecule has 1 aliphatic rings. The lowest BCUT2D eigenvalue weighted by atomic mass is 9.87. The lowest BCUT2D eigenvalue weighted by Crippen LogP contribution is -2.56. The molecule has 0 saturated carbocycles. The van der Waals surface area contributed by atoms with Gasteiger partial charge >= 0.3 is 12.0 Å². The van der Waals surface area contributed by atoms with Gasteiger partial charge in [-0.2, -0.15) is 0 Å². The number of carboxylic acid groups (broad SMARTS) is 1. The van der Waals surface area contributed by atoms with Crippen molar-refractivity contribution in [3.05, 3.63) is 0 Å². The zero-order valence-electron chi connectivity index (χ0n) is 12.2. The normalized spacial score (nSPS) is 16.1. The number of amides is 2. The van der Waals surface area contributed by atoms with Gasteiger partial charge in [-0.3, -0.25) is 4.79 Å². The number of unbranched alkanes of at least 4 members (excludes halogenated alkanes) is 2. The number of carbonyl (C=O) groups excluding carboxylic acids is 1. The Balaban J connectivity index is 2.21. The number of hydrogen-bond acceptors (Lipinski definition) is 2. The van der Waals surface area contributed by atoms with Crippen LogP contribution in [-0.2, 0) is 4.79 Å². The Hall–Kier alpha value is -1.26. The molecular formula is C14H26N2O3. The molecule has 5 heteroatoms. The quantitative estimate of drug-likeness (QED) is 0.697. The average Bonchev–Trinajstić information content (AvgIpc) is 2.24. The van der Waals surface area contributed by atoms with Crippen LogP contribution in [-0.4, -0.2) is 41.6 Å². The van der Waals surface area contributed by atoms with Crippen molar-refractivity contribution in [2.75, 3.05) is 19.6 Å². The topological polar surface area (TPSA) is 69.6 Å². The number of rotatable bonds is 7. The summed E-state index contributed by atoms with van der Waals surface area (Å²) >= 11 is 0. The number of aliphatic carboxylic acids is 1. The minimum Gasteiger partial charge on any atom is -0.481 e. The zero-order chi connectivity index (χ0) is 14.5. The summed E-state index contributed by atoms with van der Waals surface area (Å²) in [6.07, 6.45) is 4.71. The molecule has 1 fully saturated rings. The largest absolute Gasteiger partial charge is 0.481 e. The van der Waals surface area contributed by atoms with Crippen molar-refractivity contribution in [2.24, 2.45) is 11.3 Å². The van der Waals surface area contributed by atoms with Crippen LogP contribution in [0.2, 0.25) is 0 Å². The molecule has 19 heavy (non-hydrogen) atoms. The van der Waals surface area contributed by atoms with Crippen LogP contribution < -0.4 is 5.32 Å². The van der Waals surface area contributed by atoms with E-state index >= 15 is 0 Å². The molecule has 2 amide bonds. The number of urea groups is 1. The van der Waals surface area contributed by atoms with Crippen molar-refractivity contribution >= 4 is 12.0 Å². The Labute approximate surface area is 115 Å². The summed E-state index contributed by atoms with van der Waals surface area (Å²) in [5.41, 5.74) is 0.0991. The molecule has 1 rings (SSSR count). The third-order valence-electron chi connectivity index (χ3n) is 3.69. The predicted octanol–water partition coefficient (Wildman–Crippen LogP) is 2.32. The summed E-state index contributed by atoms with van der Waals surface area (Å²) in [7, 11) is 0. The van der Waals surface area contributed by atoms with E-state index in [1.807, 2.05) is 0 Å². The number of carbonyl (C=O) groups is 2. The summed E-state index contributed by atoms with van der Waals surface area (Å²) in [6.45, 7) is 7.79. The van der Waals surface area contributed by atoms with E-state index in [4.69, 9.17) is 5.11 Å². The molecule has 0 bridgehead atoms. The van der Waals surface area contributed by atoms with Crippen LogP contribution in [0.1, 0.15) is 46.5 Å². The molecule has 110 valence electrons. The van der Waals surface area contributed by atoms with Gasteiger partial charge in [-0.15, -0.1) is 0 Å². The van der Waals surface area contributed by atoms with Gasteiger partial charge in [0.15, 0.2) is 0 Å². The van der Waals surface area contributed by atoms with Gasteiger partial charge in [0.25, 0.3) is 0 Å². The Morgan fingerprint density at radius 3 is 2.47 bits per heavy atom. The first-order chi connectivity index (χ1) is 8.85. The standard InChI is InChI=1S/C14H26N2O3/c1-4-5-6-7-14(2,3)10-15-13(19)16-8-11(9-16)12(17)18/h11H,4-10H2,1-3H3,(H,15,19)(H,17,18). The Morgan fingerprint density at radius 2 is 1.95 bits per heavy atom. The molecule has 5 nitrogen and oxygen atoms in total. The molecular weight excluding hydrogens is 244 g/mol. The van der Waals surface area contributed by atoms with Gasteiger partial charge in [-0.25, -0.2) is 4.79 Å². The second-order valence-corrected chi connectivity index (χ2v) is 6.22. The van der Waals surface area contributed by atoms with E-state index < -0.39 is 5.97 Å². The molecule has 0 spiro atoms. The first-order valence-corrected chi connectivity index (χ1v) is 7.11. The van der Waals surface area contributed by atoms with Crippen molar-refractivity contribution < 1.29 is 14.7 Å². The van der Waals surface area contributed by atoms with Gasteiger partial charge in [0.05, 0.1) is 5.92 Å². The van der Waals surface area contributed by atoms with E-state index in [0.717, 1.165) is 6.42 Å². The minimum atomic E-state index is -0.816. The third-order valence-corrected chi connectivity index (χ3v) is 3.69. The van der Waals surface area contributed by atoms with Crippen molar-refractivity contribution in [3.8, 4) is 0 Å². The molecule has 1 heterocycles. The maximum absolute atomic E-state index is 11.8. The monoisotopic (exact) mass is 270 g/mol. The molecule has 1 aliphatic heterocycles. The maximum Gasteiger partial charge on any atom is 0.317 e. The molecule has 0 aromatic rings. The number of carboxylic acids is 1. The van der Waals surface area contributed by atoms with Crippen LogP contribution in [0.25, 0.3) is 0 Å². The van der Waals surface area contributed by atoms with Gasteiger partial charge in [0.2, 0.25) is 0 Å². The lowest BCUT2D eigenvalue weighted by Gasteiger charge is -2.37. The van der Waals surface area contributed by atoms with Crippen LogP contribution >= 0.6 is 0 Å². The molecule has 0 aromatic carbocycles. The first-order valence-electron chi connectivity index (χ1n) is 7.11. The van der Waals surface area contributed by atoms with Crippen LogP contribution in [0, 0.1) is 11.3 Å². The van der Waals surface area contributed by atoms with Gasteiger partial charge in [0.1, 0.15) is 0 Å². The maximum atomic E-state index is 11.8. The van der Waals surface area contributed by atoms with Crippen LogP contribution in [0.15, 0.2) is 0 Å². The summed E-state index contributed by atoms with van der Waals surface area (Å²) in [4.78, 5) is 24.0. The Kier molecular flexibility index (Phi) is 5.63. The van der Waals surface area contributed by atoms with Crippen molar-refractivity contribution in [3.63, 3.8) is 0 Å². The number of nitrogens with zero attached hydrogens (tertiary/aromatic N) is 1. The van der Waals surface area contributed by atoms with E-state index in [1.54, 1.807) is 4.90 Å². The molecule has 0 atom stereocenters. The highest BCUT2D eigenvalue weighted by Gasteiger charge is 2.35. The van der Waals surface area contributed by atoms with E-state index in [-0.39, 0.29) is 17.4 Å². The predicted molar refractivity (Wildman–Crippen MR) is 74.0 cm³/mol. The van der Waals surface area contributed by atoms with Gasteiger partial charge in [0, 0.05) is 19.6 Å². The fourth-order valence-electron chi connectivity index (χ4n) is 2.17. The second-order valence-electron chi connectivity index (χ2n) is 6.22. The highest BCUT2D eigenvalue weighted by atomic mass is 16.4. The van der Waals surface area contributed by atoms with E-state index in [9.17, 15) is 9.59 Å². The fraction of sp³-hybridized carbons (Fsp3) is 0.857.